The highest BCUT2D eigenvalue weighted by Gasteiger charge is 2.30. The molecule has 1 atom stereocenters. The molecule has 0 radical (unpaired) electrons. The van der Waals surface area contributed by atoms with Crippen molar-refractivity contribution >= 4 is 5.69 Å². The van der Waals surface area contributed by atoms with Crippen molar-refractivity contribution in [2.45, 2.75) is 44.2 Å². The number of hydrogen-bond donors (Lipinski definition) is 1. The van der Waals surface area contributed by atoms with Gasteiger partial charge >= 0.3 is 0 Å². The van der Waals surface area contributed by atoms with Crippen molar-refractivity contribution in [1.82, 2.24) is 5.32 Å². The van der Waals surface area contributed by atoms with E-state index >= 15 is 0 Å². The Morgan fingerprint density at radius 1 is 1.27 bits per heavy atom. The van der Waals surface area contributed by atoms with Crippen LogP contribution in [-0.4, -0.2) is 37.9 Å². The molecule has 0 spiro atoms. The Morgan fingerprint density at radius 2 is 2.05 bits per heavy atom. The fraction of sp³-hybridized carbons (Fsp3) is 0.647. The van der Waals surface area contributed by atoms with Gasteiger partial charge in [0.15, 0.2) is 11.6 Å². The van der Waals surface area contributed by atoms with Crippen molar-refractivity contribution in [2.24, 2.45) is 0 Å². The van der Waals surface area contributed by atoms with Crippen LogP contribution in [0, 0.1) is 11.6 Å². The lowest BCUT2D eigenvalue weighted by atomic mass is 10.00. The molecule has 5 heteroatoms. The largest absolute Gasteiger partial charge is 0.374 e. The molecule has 0 saturated carbocycles. The highest BCUT2D eigenvalue weighted by molar-refractivity contribution is 5.47. The van der Waals surface area contributed by atoms with E-state index in [2.05, 4.69) is 17.1 Å². The zero-order valence-corrected chi connectivity index (χ0v) is 13.1. The highest BCUT2D eigenvalue weighted by atomic mass is 19.2. The molecular formula is C17H24F2N2O. The molecular weight excluding hydrogens is 286 g/mol. The van der Waals surface area contributed by atoms with Crippen LogP contribution >= 0.6 is 0 Å². The second-order valence-electron chi connectivity index (χ2n) is 6.64. The third kappa shape index (κ3) is 3.58. The van der Waals surface area contributed by atoms with Gasteiger partial charge in [-0.1, -0.05) is 0 Å². The van der Waals surface area contributed by atoms with Crippen molar-refractivity contribution in [3.05, 3.63) is 29.8 Å². The van der Waals surface area contributed by atoms with Crippen LogP contribution in [0.25, 0.3) is 0 Å². The predicted octanol–water partition coefficient (Wildman–Crippen LogP) is 3.09. The van der Waals surface area contributed by atoms with Gasteiger partial charge in [0.2, 0.25) is 0 Å². The number of anilines is 1. The Balaban J connectivity index is 1.48. The number of nitrogens with zero attached hydrogens (tertiary/aromatic N) is 1. The molecule has 2 heterocycles. The molecule has 1 aromatic rings. The van der Waals surface area contributed by atoms with Crippen LogP contribution in [0.4, 0.5) is 14.5 Å². The molecule has 2 saturated heterocycles. The fourth-order valence-electron chi connectivity index (χ4n) is 3.36. The van der Waals surface area contributed by atoms with Gasteiger partial charge in [0.05, 0.1) is 5.60 Å². The van der Waals surface area contributed by atoms with E-state index in [1.54, 1.807) is 6.07 Å². The molecule has 1 aromatic carbocycles. The summed E-state index contributed by atoms with van der Waals surface area (Å²) in [4.78, 5) is 2.12. The number of piperidine rings is 1. The maximum Gasteiger partial charge on any atom is 0.160 e. The quantitative estimate of drug-likeness (QED) is 0.925. The Morgan fingerprint density at radius 3 is 2.68 bits per heavy atom. The second kappa shape index (κ2) is 6.50. The lowest BCUT2D eigenvalue weighted by molar-refractivity contribution is 0.0181. The zero-order chi connectivity index (χ0) is 15.6. The van der Waals surface area contributed by atoms with Gasteiger partial charge in [-0.2, -0.15) is 0 Å². The van der Waals surface area contributed by atoms with E-state index in [0.717, 1.165) is 57.6 Å². The van der Waals surface area contributed by atoms with E-state index in [1.807, 2.05) is 0 Å². The summed E-state index contributed by atoms with van der Waals surface area (Å²) in [5.74, 6) is -1.56. The van der Waals surface area contributed by atoms with E-state index in [0.29, 0.717) is 6.04 Å². The highest BCUT2D eigenvalue weighted by Crippen LogP contribution is 2.25. The monoisotopic (exact) mass is 310 g/mol. The van der Waals surface area contributed by atoms with Gasteiger partial charge in [-0.15, -0.1) is 0 Å². The molecule has 2 aliphatic rings. The van der Waals surface area contributed by atoms with Crippen LogP contribution in [0.2, 0.25) is 0 Å². The number of hydrogen-bond acceptors (Lipinski definition) is 3. The number of rotatable bonds is 4. The Hall–Kier alpha value is -1.20. The molecule has 2 aliphatic heterocycles. The van der Waals surface area contributed by atoms with E-state index < -0.39 is 11.6 Å². The summed E-state index contributed by atoms with van der Waals surface area (Å²) < 4.78 is 32.1. The zero-order valence-electron chi connectivity index (χ0n) is 13.1. The lowest BCUT2D eigenvalue weighted by Gasteiger charge is -2.35. The smallest absolute Gasteiger partial charge is 0.160 e. The van der Waals surface area contributed by atoms with Crippen LogP contribution in [-0.2, 0) is 4.74 Å². The predicted molar refractivity (Wildman–Crippen MR) is 83.2 cm³/mol. The Bertz CT molecular complexity index is 509. The molecule has 3 rings (SSSR count). The molecule has 0 amide bonds. The van der Waals surface area contributed by atoms with Gasteiger partial charge in [-0.05, 0) is 44.7 Å². The molecule has 3 nitrogen and oxygen atoms in total. The van der Waals surface area contributed by atoms with Gasteiger partial charge in [0, 0.05) is 44.0 Å². The van der Waals surface area contributed by atoms with Gasteiger partial charge in [-0.25, -0.2) is 8.78 Å². The maximum absolute atomic E-state index is 13.3. The molecule has 1 unspecified atom stereocenters. The minimum atomic E-state index is -0.787. The van der Waals surface area contributed by atoms with Crippen LogP contribution in [0.1, 0.15) is 32.6 Å². The normalized spacial score (nSPS) is 26.6. The summed E-state index contributed by atoms with van der Waals surface area (Å²) in [6, 6.07) is 4.62. The van der Waals surface area contributed by atoms with Crippen molar-refractivity contribution in [2.75, 3.05) is 31.1 Å². The topological polar surface area (TPSA) is 24.5 Å². The molecule has 1 N–H and O–H groups in total. The number of ether oxygens (including phenoxy) is 1. The summed E-state index contributed by atoms with van der Waals surface area (Å²) in [7, 11) is 0. The molecule has 122 valence electrons. The van der Waals surface area contributed by atoms with Crippen LogP contribution < -0.4 is 10.2 Å². The fourth-order valence-corrected chi connectivity index (χ4v) is 3.36. The van der Waals surface area contributed by atoms with E-state index in [4.69, 9.17) is 4.74 Å². The molecule has 0 aromatic heterocycles. The Kier molecular flexibility index (Phi) is 4.64. The first-order chi connectivity index (χ1) is 10.6. The van der Waals surface area contributed by atoms with E-state index in [9.17, 15) is 8.78 Å². The van der Waals surface area contributed by atoms with Crippen LogP contribution in [0.5, 0.6) is 0 Å². The summed E-state index contributed by atoms with van der Waals surface area (Å²) in [6.07, 6.45) is 4.28. The summed E-state index contributed by atoms with van der Waals surface area (Å²) >= 11 is 0. The van der Waals surface area contributed by atoms with Crippen molar-refractivity contribution in [3.8, 4) is 0 Å². The third-order valence-corrected chi connectivity index (χ3v) is 4.83. The van der Waals surface area contributed by atoms with Crippen LogP contribution in [0.15, 0.2) is 18.2 Å². The SMILES string of the molecule is CC1(CNC2CCN(c3ccc(F)c(F)c3)CC2)CCCO1. The van der Waals surface area contributed by atoms with E-state index in [-0.39, 0.29) is 5.60 Å². The lowest BCUT2D eigenvalue weighted by Crippen LogP contribution is -2.47. The van der Waals surface area contributed by atoms with E-state index in [1.165, 1.54) is 12.1 Å². The van der Waals surface area contributed by atoms with Crippen LogP contribution in [0.3, 0.4) is 0 Å². The van der Waals surface area contributed by atoms with Gasteiger partial charge in [0.25, 0.3) is 0 Å². The van der Waals surface area contributed by atoms with Gasteiger partial charge in [-0.3, -0.25) is 0 Å². The minimum absolute atomic E-state index is 0.0166. The van der Waals surface area contributed by atoms with Crippen molar-refractivity contribution in [3.63, 3.8) is 0 Å². The molecule has 0 bridgehead atoms. The number of halogens is 2. The minimum Gasteiger partial charge on any atom is -0.374 e. The summed E-state index contributed by atoms with van der Waals surface area (Å²) in [5, 5.41) is 3.61. The first-order valence-electron chi connectivity index (χ1n) is 8.13. The van der Waals surface area contributed by atoms with Crippen molar-refractivity contribution < 1.29 is 13.5 Å². The average molecular weight is 310 g/mol. The molecule has 2 fully saturated rings. The Labute approximate surface area is 130 Å². The summed E-state index contributed by atoms with van der Waals surface area (Å²) in [5.41, 5.74) is 0.750. The maximum atomic E-state index is 13.3. The molecule has 22 heavy (non-hydrogen) atoms. The molecule has 0 aliphatic carbocycles. The van der Waals surface area contributed by atoms with Gasteiger partial charge < -0.3 is 15.0 Å². The standard InChI is InChI=1S/C17H24F2N2O/c1-17(7-2-10-22-17)12-20-13-5-8-21(9-6-13)14-3-4-15(18)16(19)11-14/h3-4,11,13,20H,2,5-10,12H2,1H3. The van der Waals surface area contributed by atoms with Crippen molar-refractivity contribution in [1.29, 1.82) is 0 Å². The third-order valence-electron chi connectivity index (χ3n) is 4.83. The number of benzene rings is 1. The first kappa shape index (κ1) is 15.7. The number of nitrogens with one attached hydrogen (secondary N) is 1. The van der Waals surface area contributed by atoms with Gasteiger partial charge in [0.1, 0.15) is 0 Å². The second-order valence-corrected chi connectivity index (χ2v) is 6.64. The average Bonchev–Trinajstić information content (AvgIpc) is 2.96. The first-order valence-corrected chi connectivity index (χ1v) is 8.13. The summed E-state index contributed by atoms with van der Waals surface area (Å²) in [6.45, 7) is 5.65.